The van der Waals surface area contributed by atoms with Gasteiger partial charge in [-0.15, -0.1) is 24.0 Å². The van der Waals surface area contributed by atoms with Gasteiger partial charge in [-0.3, -0.25) is 14.7 Å². The highest BCUT2D eigenvalue weighted by atomic mass is 127. The van der Waals surface area contributed by atoms with Crippen molar-refractivity contribution < 1.29 is 4.79 Å². The molecule has 3 aliphatic heterocycles. The molecule has 31 heavy (non-hydrogen) atoms. The molecule has 1 unspecified atom stereocenters. The van der Waals surface area contributed by atoms with Crippen LogP contribution >= 0.6 is 24.0 Å². The van der Waals surface area contributed by atoms with Crippen LogP contribution < -0.4 is 5.32 Å². The lowest BCUT2D eigenvalue weighted by Crippen LogP contribution is -2.57. The second-order valence-electron chi connectivity index (χ2n) is 9.21. The Kier molecular flexibility index (Phi) is 11.9. The van der Waals surface area contributed by atoms with Crippen LogP contribution in [0.3, 0.4) is 0 Å². The van der Waals surface area contributed by atoms with Crippen LogP contribution in [0.4, 0.5) is 0 Å². The molecule has 1 atom stereocenters. The van der Waals surface area contributed by atoms with Crippen molar-refractivity contribution in [2.75, 3.05) is 72.0 Å². The van der Waals surface area contributed by atoms with E-state index >= 15 is 0 Å². The molecule has 1 N–H and O–H groups in total. The summed E-state index contributed by atoms with van der Waals surface area (Å²) in [4.78, 5) is 27.1. The zero-order valence-electron chi connectivity index (χ0n) is 20.0. The van der Waals surface area contributed by atoms with Gasteiger partial charge in [0.05, 0.1) is 6.04 Å². The predicted molar refractivity (Wildman–Crippen MR) is 139 cm³/mol. The molecule has 3 aliphatic rings. The number of carbonyl (C=O) groups excluding carboxylic acids is 1. The molecule has 1 amide bonds. The number of halogens is 1. The van der Waals surface area contributed by atoms with Gasteiger partial charge >= 0.3 is 0 Å². The highest BCUT2D eigenvalue weighted by Crippen LogP contribution is 2.18. The molecule has 0 aromatic carbocycles. The van der Waals surface area contributed by atoms with Gasteiger partial charge in [0.1, 0.15) is 0 Å². The summed E-state index contributed by atoms with van der Waals surface area (Å²) in [6.45, 7) is 17.7. The zero-order valence-corrected chi connectivity index (χ0v) is 22.4. The van der Waals surface area contributed by atoms with Gasteiger partial charge in [-0.1, -0.05) is 6.92 Å². The highest BCUT2D eigenvalue weighted by Gasteiger charge is 2.30. The standard InChI is InChI=1S/C23H44N6O.HI/c1-4-10-26-13-8-21(9-14-26)19-25-23(24-5-2)29-17-15-27(16-18-29)20(3)22(30)28-11-6-7-12-28;/h20-21H,4-19H2,1-3H3,(H,24,25);1H. The minimum Gasteiger partial charge on any atom is -0.357 e. The van der Waals surface area contributed by atoms with E-state index in [2.05, 4.69) is 40.8 Å². The summed E-state index contributed by atoms with van der Waals surface area (Å²) in [7, 11) is 0. The van der Waals surface area contributed by atoms with Gasteiger partial charge in [-0.2, -0.15) is 0 Å². The summed E-state index contributed by atoms with van der Waals surface area (Å²) in [6, 6.07) is -0.00178. The average Bonchev–Trinajstić information content (AvgIpc) is 3.32. The van der Waals surface area contributed by atoms with Crippen LogP contribution in [0.5, 0.6) is 0 Å². The van der Waals surface area contributed by atoms with Gasteiger partial charge in [0.25, 0.3) is 0 Å². The first-order valence-electron chi connectivity index (χ1n) is 12.4. The lowest BCUT2D eigenvalue weighted by molar-refractivity contribution is -0.135. The molecule has 0 aromatic rings. The minimum atomic E-state index is -0.00178. The number of aliphatic imine (C=N–C) groups is 1. The molecule has 7 nitrogen and oxygen atoms in total. The average molecular weight is 549 g/mol. The molecule has 0 saturated carbocycles. The normalized spacial score (nSPS) is 23.0. The number of piperidine rings is 1. The molecule has 8 heteroatoms. The Morgan fingerprint density at radius 1 is 0.968 bits per heavy atom. The third-order valence-electron chi connectivity index (χ3n) is 7.02. The number of likely N-dealkylation sites (tertiary alicyclic amines) is 2. The van der Waals surface area contributed by atoms with Crippen molar-refractivity contribution in [1.82, 2.24) is 24.9 Å². The fraction of sp³-hybridized carbons (Fsp3) is 0.913. The smallest absolute Gasteiger partial charge is 0.239 e. The van der Waals surface area contributed by atoms with Crippen LogP contribution in [0.25, 0.3) is 0 Å². The largest absolute Gasteiger partial charge is 0.357 e. The Morgan fingerprint density at radius 3 is 2.19 bits per heavy atom. The first kappa shape index (κ1) is 26.6. The van der Waals surface area contributed by atoms with Gasteiger partial charge in [0.15, 0.2) is 5.96 Å². The highest BCUT2D eigenvalue weighted by molar-refractivity contribution is 14.0. The fourth-order valence-corrected chi connectivity index (χ4v) is 5.03. The summed E-state index contributed by atoms with van der Waals surface area (Å²) in [5.74, 6) is 2.09. The molecule has 3 heterocycles. The fourth-order valence-electron chi connectivity index (χ4n) is 5.03. The number of guanidine groups is 1. The van der Waals surface area contributed by atoms with E-state index in [9.17, 15) is 4.79 Å². The number of nitrogens with zero attached hydrogens (tertiary/aromatic N) is 5. The van der Waals surface area contributed by atoms with Crippen molar-refractivity contribution >= 4 is 35.8 Å². The Bertz CT molecular complexity index is 552. The molecule has 3 rings (SSSR count). The summed E-state index contributed by atoms with van der Waals surface area (Å²) in [5, 5.41) is 3.50. The number of carbonyl (C=O) groups is 1. The number of piperazine rings is 1. The quantitative estimate of drug-likeness (QED) is 0.301. The van der Waals surface area contributed by atoms with E-state index in [0.717, 1.165) is 71.2 Å². The molecule has 3 saturated heterocycles. The van der Waals surface area contributed by atoms with E-state index in [-0.39, 0.29) is 30.0 Å². The van der Waals surface area contributed by atoms with E-state index in [4.69, 9.17) is 4.99 Å². The molecule has 3 fully saturated rings. The molecule has 0 bridgehead atoms. The van der Waals surface area contributed by atoms with Gasteiger partial charge in [-0.25, -0.2) is 0 Å². The topological polar surface area (TPSA) is 54.4 Å². The first-order chi connectivity index (χ1) is 14.6. The van der Waals surface area contributed by atoms with Crippen molar-refractivity contribution in [1.29, 1.82) is 0 Å². The number of rotatable bonds is 7. The molecule has 180 valence electrons. The van der Waals surface area contributed by atoms with E-state index in [1.54, 1.807) is 0 Å². The lowest BCUT2D eigenvalue weighted by atomic mass is 9.97. The van der Waals surface area contributed by atoms with Gasteiger partial charge < -0.3 is 20.0 Å². The Balaban J connectivity index is 0.00000341. The van der Waals surface area contributed by atoms with Crippen LogP contribution in [-0.4, -0.2) is 110 Å². The van der Waals surface area contributed by atoms with Crippen LogP contribution in [0.1, 0.15) is 52.9 Å². The van der Waals surface area contributed by atoms with E-state index in [1.165, 1.54) is 38.9 Å². The van der Waals surface area contributed by atoms with Crippen molar-refractivity contribution in [3.05, 3.63) is 0 Å². The van der Waals surface area contributed by atoms with Crippen molar-refractivity contribution in [2.45, 2.75) is 58.9 Å². The molecule has 0 spiro atoms. The number of nitrogens with one attached hydrogen (secondary N) is 1. The van der Waals surface area contributed by atoms with Gasteiger partial charge in [0, 0.05) is 52.4 Å². The van der Waals surface area contributed by atoms with Crippen LogP contribution in [0, 0.1) is 5.92 Å². The maximum atomic E-state index is 12.7. The minimum absolute atomic E-state index is 0. The van der Waals surface area contributed by atoms with E-state index in [1.807, 2.05) is 4.90 Å². The first-order valence-corrected chi connectivity index (χ1v) is 12.4. The van der Waals surface area contributed by atoms with Crippen molar-refractivity contribution in [3.8, 4) is 0 Å². The maximum absolute atomic E-state index is 12.7. The van der Waals surface area contributed by atoms with Crippen molar-refractivity contribution in [2.24, 2.45) is 10.9 Å². The van der Waals surface area contributed by atoms with Crippen LogP contribution in [-0.2, 0) is 4.79 Å². The number of amides is 1. The summed E-state index contributed by atoms with van der Waals surface area (Å²) < 4.78 is 0. The third kappa shape index (κ3) is 7.74. The lowest BCUT2D eigenvalue weighted by Gasteiger charge is -2.39. The maximum Gasteiger partial charge on any atom is 0.239 e. The molecular weight excluding hydrogens is 503 g/mol. The van der Waals surface area contributed by atoms with Gasteiger partial charge in [0.2, 0.25) is 5.91 Å². The van der Waals surface area contributed by atoms with Crippen molar-refractivity contribution in [3.63, 3.8) is 0 Å². The Hall–Kier alpha value is -0.610. The predicted octanol–water partition coefficient (Wildman–Crippen LogP) is 2.32. The molecule has 0 radical (unpaired) electrons. The third-order valence-corrected chi connectivity index (χ3v) is 7.02. The summed E-state index contributed by atoms with van der Waals surface area (Å²) >= 11 is 0. The second kappa shape index (κ2) is 13.8. The van der Waals surface area contributed by atoms with E-state index < -0.39 is 0 Å². The number of hydrogen-bond acceptors (Lipinski definition) is 4. The molecule has 0 aromatic heterocycles. The SMILES string of the molecule is CCCN1CCC(CN=C(NCC)N2CCN(C(C)C(=O)N3CCCC3)CC2)CC1.I. The van der Waals surface area contributed by atoms with E-state index in [0.29, 0.717) is 11.8 Å². The molecule has 0 aliphatic carbocycles. The number of hydrogen-bond donors (Lipinski definition) is 1. The van der Waals surface area contributed by atoms with Crippen LogP contribution in [0.15, 0.2) is 4.99 Å². The summed E-state index contributed by atoms with van der Waals surface area (Å²) in [5.41, 5.74) is 0. The second-order valence-corrected chi connectivity index (χ2v) is 9.21. The summed E-state index contributed by atoms with van der Waals surface area (Å²) in [6.07, 6.45) is 6.11. The Morgan fingerprint density at radius 2 is 1.61 bits per heavy atom. The van der Waals surface area contributed by atoms with Gasteiger partial charge in [-0.05, 0) is 71.5 Å². The monoisotopic (exact) mass is 548 g/mol. The van der Waals surface area contributed by atoms with Crippen LogP contribution in [0.2, 0.25) is 0 Å². The zero-order chi connectivity index (χ0) is 21.3. The molecular formula is C23H45IN6O. The Labute approximate surface area is 207 Å².